The summed E-state index contributed by atoms with van der Waals surface area (Å²) in [4.78, 5) is 0. The Balaban J connectivity index is 1.56. The van der Waals surface area contributed by atoms with Crippen LogP contribution in [0.25, 0.3) is 0 Å². The molecule has 1 aliphatic carbocycles. The fourth-order valence-electron chi connectivity index (χ4n) is 3.78. The van der Waals surface area contributed by atoms with E-state index in [2.05, 4.69) is 66.1 Å². The minimum absolute atomic E-state index is 0.615. The molecule has 2 atom stereocenters. The molecule has 0 saturated carbocycles. The summed E-state index contributed by atoms with van der Waals surface area (Å²) in [5, 5.41) is 7.20. The van der Waals surface area contributed by atoms with Crippen LogP contribution in [0.1, 0.15) is 42.9 Å². The van der Waals surface area contributed by atoms with Gasteiger partial charge in [0.05, 0.1) is 0 Å². The highest BCUT2D eigenvalue weighted by Gasteiger charge is 2.21. The molecule has 1 aliphatic rings. The van der Waals surface area contributed by atoms with Gasteiger partial charge < -0.3 is 10.6 Å². The van der Waals surface area contributed by atoms with Crippen molar-refractivity contribution >= 4 is 5.69 Å². The number of anilines is 1. The first-order valence-corrected chi connectivity index (χ1v) is 9.38. The summed E-state index contributed by atoms with van der Waals surface area (Å²) >= 11 is 0. The lowest BCUT2D eigenvalue weighted by atomic mass is 9.87. The Morgan fingerprint density at radius 3 is 2.67 bits per heavy atom. The molecule has 2 nitrogen and oxygen atoms in total. The fraction of sp³-hybridized carbons (Fsp3) is 0.455. The number of rotatable bonds is 7. The first-order valence-electron chi connectivity index (χ1n) is 9.38. The van der Waals surface area contributed by atoms with Crippen molar-refractivity contribution in [3.8, 4) is 0 Å². The first-order chi connectivity index (χ1) is 11.8. The summed E-state index contributed by atoms with van der Waals surface area (Å²) < 4.78 is 0. The van der Waals surface area contributed by atoms with Crippen molar-refractivity contribution in [2.75, 3.05) is 12.4 Å². The smallest absolute Gasteiger partial charge is 0.0340 e. The topological polar surface area (TPSA) is 24.1 Å². The number of hydrogen-bond acceptors (Lipinski definition) is 2. The molecule has 2 aromatic carbocycles. The zero-order chi connectivity index (χ0) is 16.8. The predicted octanol–water partition coefficient (Wildman–Crippen LogP) is 4.59. The lowest BCUT2D eigenvalue weighted by Gasteiger charge is -2.30. The van der Waals surface area contributed by atoms with Gasteiger partial charge in [-0.15, -0.1) is 0 Å². The maximum atomic E-state index is 3.93. The molecule has 2 aromatic rings. The summed E-state index contributed by atoms with van der Waals surface area (Å²) in [6.45, 7) is 2.30. The molecule has 24 heavy (non-hydrogen) atoms. The third kappa shape index (κ3) is 4.39. The predicted molar refractivity (Wildman–Crippen MR) is 104 cm³/mol. The van der Waals surface area contributed by atoms with E-state index in [-0.39, 0.29) is 0 Å². The van der Waals surface area contributed by atoms with E-state index in [1.807, 2.05) is 7.05 Å². The highest BCUT2D eigenvalue weighted by atomic mass is 14.9. The van der Waals surface area contributed by atoms with Crippen molar-refractivity contribution in [3.05, 3.63) is 65.2 Å². The number of nitrogens with one attached hydrogen (secondary N) is 2. The van der Waals surface area contributed by atoms with Gasteiger partial charge >= 0.3 is 0 Å². The molecule has 2 unspecified atom stereocenters. The van der Waals surface area contributed by atoms with E-state index in [9.17, 15) is 0 Å². The van der Waals surface area contributed by atoms with Gasteiger partial charge in [0.25, 0.3) is 0 Å². The second-order valence-electron chi connectivity index (χ2n) is 6.97. The first kappa shape index (κ1) is 17.0. The van der Waals surface area contributed by atoms with E-state index in [1.165, 1.54) is 54.5 Å². The number of aryl methyl sites for hydroxylation is 2. The second kappa shape index (κ2) is 8.34. The average molecular weight is 322 g/mol. The molecule has 0 saturated heterocycles. The second-order valence-corrected chi connectivity index (χ2v) is 6.97. The van der Waals surface area contributed by atoms with E-state index >= 15 is 0 Å². The number of hydrogen-bond donors (Lipinski definition) is 2. The zero-order valence-corrected chi connectivity index (χ0v) is 15.0. The summed E-state index contributed by atoms with van der Waals surface area (Å²) in [5.41, 5.74) is 5.73. The molecular formula is C22H30N2. The molecule has 0 fully saturated rings. The van der Waals surface area contributed by atoms with Crippen LogP contribution in [0, 0.1) is 0 Å². The molecule has 0 heterocycles. The van der Waals surface area contributed by atoms with E-state index in [1.54, 1.807) is 0 Å². The molecule has 2 N–H and O–H groups in total. The molecule has 0 radical (unpaired) electrons. The van der Waals surface area contributed by atoms with Gasteiger partial charge in [0.1, 0.15) is 0 Å². The van der Waals surface area contributed by atoms with Crippen molar-refractivity contribution in [1.29, 1.82) is 0 Å². The van der Waals surface area contributed by atoms with Crippen LogP contribution in [0.5, 0.6) is 0 Å². The van der Waals surface area contributed by atoms with Gasteiger partial charge in [-0.2, -0.15) is 0 Å². The third-order valence-electron chi connectivity index (χ3n) is 5.31. The minimum atomic E-state index is 0.615. The molecular weight excluding hydrogens is 292 g/mol. The third-order valence-corrected chi connectivity index (χ3v) is 5.31. The largest absolute Gasteiger partial charge is 0.388 e. The zero-order valence-electron chi connectivity index (χ0n) is 15.0. The lowest BCUT2D eigenvalue weighted by molar-refractivity contribution is 0.371. The Hall–Kier alpha value is -1.80. The maximum absolute atomic E-state index is 3.93. The van der Waals surface area contributed by atoms with E-state index < -0.39 is 0 Å². The van der Waals surface area contributed by atoms with Crippen LogP contribution in [-0.4, -0.2) is 19.1 Å². The van der Waals surface area contributed by atoms with E-state index in [0.29, 0.717) is 12.1 Å². The van der Waals surface area contributed by atoms with Crippen molar-refractivity contribution < 1.29 is 0 Å². The molecule has 128 valence electrons. The number of fused-ring (bicyclic) bond motifs is 1. The van der Waals surface area contributed by atoms with E-state index in [4.69, 9.17) is 0 Å². The van der Waals surface area contributed by atoms with Gasteiger partial charge in [0.15, 0.2) is 0 Å². The Morgan fingerprint density at radius 2 is 1.92 bits per heavy atom. The Morgan fingerprint density at radius 1 is 1.08 bits per heavy atom. The number of benzene rings is 2. The summed E-state index contributed by atoms with van der Waals surface area (Å²) in [6.07, 6.45) is 7.21. The van der Waals surface area contributed by atoms with Crippen LogP contribution in [0.15, 0.2) is 48.5 Å². The van der Waals surface area contributed by atoms with Crippen molar-refractivity contribution in [2.45, 2.75) is 57.5 Å². The molecule has 3 rings (SSSR count). The highest BCUT2D eigenvalue weighted by Crippen LogP contribution is 2.25. The Labute approximate surface area is 146 Å². The summed E-state index contributed by atoms with van der Waals surface area (Å²) in [6, 6.07) is 18.9. The quantitative estimate of drug-likeness (QED) is 0.779. The van der Waals surface area contributed by atoms with Crippen LogP contribution in [0.4, 0.5) is 5.69 Å². The average Bonchev–Trinajstić information content (AvgIpc) is 2.65. The van der Waals surface area contributed by atoms with Gasteiger partial charge in [-0.3, -0.25) is 0 Å². The maximum Gasteiger partial charge on any atom is 0.0340 e. The van der Waals surface area contributed by atoms with Gasteiger partial charge in [0, 0.05) is 24.8 Å². The Bertz CT molecular complexity index is 636. The van der Waals surface area contributed by atoms with Crippen LogP contribution in [0.3, 0.4) is 0 Å². The molecule has 2 heteroatoms. The van der Waals surface area contributed by atoms with Crippen LogP contribution in [-0.2, 0) is 19.3 Å². The van der Waals surface area contributed by atoms with Crippen LogP contribution < -0.4 is 10.6 Å². The molecule has 0 amide bonds. The highest BCUT2D eigenvalue weighted by molar-refractivity contribution is 5.49. The van der Waals surface area contributed by atoms with Gasteiger partial charge in [-0.1, -0.05) is 43.3 Å². The monoisotopic (exact) mass is 322 g/mol. The van der Waals surface area contributed by atoms with Crippen LogP contribution in [0.2, 0.25) is 0 Å². The lowest BCUT2D eigenvalue weighted by Crippen LogP contribution is -2.41. The fourth-order valence-corrected chi connectivity index (χ4v) is 3.78. The van der Waals surface area contributed by atoms with E-state index in [0.717, 1.165) is 6.42 Å². The molecule has 0 spiro atoms. The minimum Gasteiger partial charge on any atom is -0.388 e. The van der Waals surface area contributed by atoms with Crippen LogP contribution >= 0.6 is 0 Å². The van der Waals surface area contributed by atoms with Gasteiger partial charge in [0.2, 0.25) is 0 Å². The summed E-state index contributed by atoms with van der Waals surface area (Å²) in [5.74, 6) is 0. The standard InChI is InChI=1S/C22H30N2/c1-3-20(12-9-17-7-5-4-6-8-17)24-22-14-11-18-10-13-21(23-2)15-19(18)16-22/h4-8,10,13,15,20,22-24H,3,9,11-12,14,16H2,1-2H3. The molecule has 0 aliphatic heterocycles. The summed E-state index contributed by atoms with van der Waals surface area (Å²) in [7, 11) is 2.00. The SMILES string of the molecule is CCC(CCc1ccccc1)NC1CCc2ccc(NC)cc2C1. The van der Waals surface area contributed by atoms with Gasteiger partial charge in [-0.05, 0) is 67.3 Å². The Kier molecular flexibility index (Phi) is 5.92. The molecule has 0 aromatic heterocycles. The van der Waals surface area contributed by atoms with Crippen molar-refractivity contribution in [3.63, 3.8) is 0 Å². The van der Waals surface area contributed by atoms with Gasteiger partial charge in [-0.25, -0.2) is 0 Å². The normalized spacial score (nSPS) is 18.0. The van der Waals surface area contributed by atoms with Crippen molar-refractivity contribution in [2.24, 2.45) is 0 Å². The molecule has 0 bridgehead atoms. The van der Waals surface area contributed by atoms with Crippen molar-refractivity contribution in [1.82, 2.24) is 5.32 Å².